The third kappa shape index (κ3) is 10.9. The molecule has 5 unspecified atom stereocenters. The maximum absolute atomic E-state index is 13.2. The van der Waals surface area contributed by atoms with Crippen LogP contribution in [0.2, 0.25) is 0 Å². The van der Waals surface area contributed by atoms with E-state index >= 15 is 0 Å². The van der Waals surface area contributed by atoms with E-state index in [2.05, 4.69) is 26.3 Å². The Bertz CT molecular complexity index is 749. The first-order chi connectivity index (χ1) is 16.5. The quantitative estimate of drug-likeness (QED) is 0.0884. The summed E-state index contributed by atoms with van der Waals surface area (Å²) in [6.45, 7) is 8.57. The van der Waals surface area contributed by atoms with Gasteiger partial charge in [0.15, 0.2) is 5.96 Å². The molecular formula is C23H43N7O5. The normalized spacial score (nSPS) is 18.7. The van der Waals surface area contributed by atoms with Crippen molar-refractivity contribution >= 4 is 29.7 Å². The van der Waals surface area contributed by atoms with Crippen LogP contribution in [0.5, 0.6) is 0 Å². The Morgan fingerprint density at radius 2 is 1.71 bits per heavy atom. The molecule has 0 aromatic heterocycles. The van der Waals surface area contributed by atoms with Crippen molar-refractivity contribution in [3.63, 3.8) is 0 Å². The number of aliphatic imine (C=N–C) groups is 1. The zero-order chi connectivity index (χ0) is 26.5. The first kappa shape index (κ1) is 30.1. The van der Waals surface area contributed by atoms with E-state index in [1.54, 1.807) is 0 Å². The van der Waals surface area contributed by atoms with E-state index in [1.165, 1.54) is 0 Å². The van der Waals surface area contributed by atoms with Gasteiger partial charge in [-0.1, -0.05) is 34.1 Å². The predicted molar refractivity (Wildman–Crippen MR) is 133 cm³/mol. The van der Waals surface area contributed by atoms with Crippen molar-refractivity contribution < 1.29 is 24.3 Å². The molecule has 0 aromatic rings. The van der Waals surface area contributed by atoms with Crippen molar-refractivity contribution in [3.8, 4) is 0 Å². The lowest BCUT2D eigenvalue weighted by Crippen LogP contribution is -2.58. The fourth-order valence-corrected chi connectivity index (χ4v) is 3.86. The summed E-state index contributed by atoms with van der Waals surface area (Å²) < 4.78 is 0. The van der Waals surface area contributed by atoms with E-state index in [0.29, 0.717) is 25.7 Å². The minimum atomic E-state index is -1.19. The number of carboxylic acids is 1. The van der Waals surface area contributed by atoms with Crippen LogP contribution in [0.15, 0.2) is 4.99 Å². The highest BCUT2D eigenvalue weighted by Crippen LogP contribution is 2.13. The van der Waals surface area contributed by atoms with Crippen molar-refractivity contribution in [1.29, 1.82) is 0 Å². The highest BCUT2D eigenvalue weighted by molar-refractivity contribution is 5.94. The molecule has 12 nitrogen and oxygen atoms in total. The monoisotopic (exact) mass is 497 g/mol. The van der Waals surface area contributed by atoms with Crippen LogP contribution in [0.4, 0.5) is 0 Å². The van der Waals surface area contributed by atoms with Gasteiger partial charge in [0, 0.05) is 6.54 Å². The smallest absolute Gasteiger partial charge is 0.326 e. The van der Waals surface area contributed by atoms with Gasteiger partial charge in [-0.15, -0.1) is 0 Å². The molecule has 35 heavy (non-hydrogen) atoms. The largest absolute Gasteiger partial charge is 0.480 e. The minimum Gasteiger partial charge on any atom is -0.480 e. The Balaban J connectivity index is 2.90. The number of carboxylic acid groups (broad SMARTS) is 1. The number of nitrogens with zero attached hydrogens (tertiary/aromatic N) is 1. The molecule has 1 aliphatic rings. The van der Waals surface area contributed by atoms with E-state index in [0.717, 1.165) is 13.0 Å². The Labute approximate surface area is 207 Å². The van der Waals surface area contributed by atoms with E-state index in [-0.39, 0.29) is 42.7 Å². The first-order valence-corrected chi connectivity index (χ1v) is 12.4. The molecule has 3 amide bonds. The van der Waals surface area contributed by atoms with Gasteiger partial charge in [-0.05, 0) is 50.5 Å². The standard InChI is InChI=1S/C23H43N7O5/c1-5-14(4)18(30-19(31)15-8-6-10-26-15)21(33)29-17(12-13(2)3)20(32)28-16(22(34)35)9-7-11-27-23(24)25/h13-18,26H,5-12H2,1-4H3,(H,28,32)(H,29,33)(H,30,31)(H,34,35)(H4,24,25,27). The van der Waals surface area contributed by atoms with E-state index in [9.17, 15) is 24.3 Å². The van der Waals surface area contributed by atoms with Crippen LogP contribution in [0.25, 0.3) is 0 Å². The Morgan fingerprint density at radius 3 is 2.23 bits per heavy atom. The Morgan fingerprint density at radius 1 is 1.06 bits per heavy atom. The van der Waals surface area contributed by atoms with Crippen LogP contribution in [-0.2, 0) is 19.2 Å². The van der Waals surface area contributed by atoms with Crippen LogP contribution < -0.4 is 32.7 Å². The molecule has 9 N–H and O–H groups in total. The Hall–Kier alpha value is -2.89. The van der Waals surface area contributed by atoms with E-state index in [4.69, 9.17) is 11.5 Å². The summed E-state index contributed by atoms with van der Waals surface area (Å²) in [7, 11) is 0. The van der Waals surface area contributed by atoms with E-state index < -0.39 is 35.9 Å². The fraction of sp³-hybridized carbons (Fsp3) is 0.783. The average Bonchev–Trinajstić information content (AvgIpc) is 3.32. The van der Waals surface area contributed by atoms with Crippen LogP contribution in [0, 0.1) is 11.8 Å². The summed E-state index contributed by atoms with van der Waals surface area (Å²) in [6.07, 6.45) is 3.04. The fourth-order valence-electron chi connectivity index (χ4n) is 3.86. The number of rotatable bonds is 15. The zero-order valence-electron chi connectivity index (χ0n) is 21.3. The summed E-state index contributed by atoms with van der Waals surface area (Å²) in [6, 6.07) is -3.25. The van der Waals surface area contributed by atoms with Crippen LogP contribution >= 0.6 is 0 Å². The maximum Gasteiger partial charge on any atom is 0.326 e. The zero-order valence-corrected chi connectivity index (χ0v) is 21.3. The SMILES string of the molecule is CCC(C)C(NC(=O)C1CCCN1)C(=O)NC(CC(C)C)C(=O)NC(CCCN=C(N)N)C(=O)O. The third-order valence-electron chi connectivity index (χ3n) is 6.07. The van der Waals surface area contributed by atoms with Gasteiger partial charge in [0.05, 0.1) is 6.04 Å². The number of aliphatic carboxylic acids is 1. The molecule has 1 fully saturated rings. The van der Waals surface area contributed by atoms with Gasteiger partial charge in [0.2, 0.25) is 17.7 Å². The molecule has 200 valence electrons. The second-order valence-corrected chi connectivity index (χ2v) is 9.56. The average molecular weight is 498 g/mol. The molecular weight excluding hydrogens is 454 g/mol. The molecule has 0 bridgehead atoms. The lowest BCUT2D eigenvalue weighted by Gasteiger charge is -2.28. The number of amides is 3. The molecule has 5 atom stereocenters. The lowest BCUT2D eigenvalue weighted by molar-refractivity contribution is -0.142. The van der Waals surface area contributed by atoms with Gasteiger partial charge in [-0.3, -0.25) is 19.4 Å². The van der Waals surface area contributed by atoms with Gasteiger partial charge in [0.25, 0.3) is 0 Å². The van der Waals surface area contributed by atoms with Crippen LogP contribution in [0.1, 0.15) is 66.2 Å². The predicted octanol–water partition coefficient (Wildman–Crippen LogP) is -0.577. The van der Waals surface area contributed by atoms with Gasteiger partial charge in [-0.2, -0.15) is 0 Å². The van der Waals surface area contributed by atoms with Gasteiger partial charge < -0.3 is 37.8 Å². The Kier molecular flexibility index (Phi) is 13.1. The van der Waals surface area contributed by atoms with Crippen LogP contribution in [-0.4, -0.2) is 72.0 Å². The molecule has 1 rings (SSSR count). The first-order valence-electron chi connectivity index (χ1n) is 12.4. The number of carbonyl (C=O) groups is 4. The second-order valence-electron chi connectivity index (χ2n) is 9.56. The van der Waals surface area contributed by atoms with Gasteiger partial charge >= 0.3 is 5.97 Å². The molecule has 1 heterocycles. The molecule has 1 aliphatic heterocycles. The second kappa shape index (κ2) is 15.2. The van der Waals surface area contributed by atoms with Crippen molar-refractivity contribution in [1.82, 2.24) is 21.3 Å². The van der Waals surface area contributed by atoms with Gasteiger partial charge in [0.1, 0.15) is 18.1 Å². The lowest BCUT2D eigenvalue weighted by atomic mass is 9.96. The number of nitrogens with one attached hydrogen (secondary N) is 4. The summed E-state index contributed by atoms with van der Waals surface area (Å²) in [5.74, 6) is -2.68. The maximum atomic E-state index is 13.2. The summed E-state index contributed by atoms with van der Waals surface area (Å²) >= 11 is 0. The number of carbonyl (C=O) groups excluding carboxylic acids is 3. The molecule has 0 aromatic carbocycles. The van der Waals surface area contributed by atoms with Crippen molar-refractivity contribution in [3.05, 3.63) is 0 Å². The number of hydrogen-bond donors (Lipinski definition) is 7. The minimum absolute atomic E-state index is 0.0514. The van der Waals surface area contributed by atoms with Gasteiger partial charge in [-0.25, -0.2) is 4.79 Å². The number of nitrogens with two attached hydrogens (primary N) is 2. The molecule has 0 radical (unpaired) electrons. The number of guanidine groups is 1. The van der Waals surface area contributed by atoms with Crippen molar-refractivity contribution in [2.75, 3.05) is 13.1 Å². The molecule has 1 saturated heterocycles. The number of hydrogen-bond acceptors (Lipinski definition) is 6. The highest BCUT2D eigenvalue weighted by Gasteiger charge is 2.33. The van der Waals surface area contributed by atoms with Crippen molar-refractivity contribution in [2.45, 2.75) is 90.4 Å². The highest BCUT2D eigenvalue weighted by atomic mass is 16.4. The van der Waals surface area contributed by atoms with E-state index in [1.807, 2.05) is 27.7 Å². The molecule has 0 spiro atoms. The summed E-state index contributed by atoms with van der Waals surface area (Å²) in [5.41, 5.74) is 10.6. The summed E-state index contributed by atoms with van der Waals surface area (Å²) in [5, 5.41) is 20.8. The molecule has 0 aliphatic carbocycles. The summed E-state index contributed by atoms with van der Waals surface area (Å²) in [4.78, 5) is 54.3. The van der Waals surface area contributed by atoms with Crippen LogP contribution in [0.3, 0.4) is 0 Å². The topological polar surface area (TPSA) is 201 Å². The third-order valence-corrected chi connectivity index (χ3v) is 6.07. The van der Waals surface area contributed by atoms with Crippen molar-refractivity contribution in [2.24, 2.45) is 28.3 Å². The molecule has 0 saturated carbocycles. The molecule has 12 heteroatoms.